The highest BCUT2D eigenvalue weighted by atomic mass is 127. The molecule has 4 heteroatoms. The molecule has 0 bridgehead atoms. The van der Waals surface area contributed by atoms with Crippen LogP contribution < -0.4 is 10.9 Å². The van der Waals surface area contributed by atoms with Gasteiger partial charge < -0.3 is 0 Å². The third kappa shape index (κ3) is 3.24. The van der Waals surface area contributed by atoms with Gasteiger partial charge in [0.15, 0.2) is 0 Å². The minimum absolute atomic E-state index is 0.937. The van der Waals surface area contributed by atoms with E-state index < -0.39 is 0 Å². The topological polar surface area (TPSA) is 26.1 Å². The van der Waals surface area contributed by atoms with Gasteiger partial charge in [-0.15, -0.1) is 0 Å². The van der Waals surface area contributed by atoms with E-state index in [0.717, 1.165) is 14.9 Å². The smallest absolute Gasteiger partial charge is 0.0844 e. The van der Waals surface area contributed by atoms with E-state index in [2.05, 4.69) is 56.0 Å². The van der Waals surface area contributed by atoms with Crippen molar-refractivity contribution in [2.75, 3.05) is 5.43 Å². The molecule has 16 heavy (non-hydrogen) atoms. The highest BCUT2D eigenvalue weighted by Gasteiger charge is 1.98. The Kier molecular flexibility index (Phi) is 4.28. The summed E-state index contributed by atoms with van der Waals surface area (Å²) < 4.78 is 2.35. The zero-order valence-electron chi connectivity index (χ0n) is 8.32. The Morgan fingerprint density at radius 3 is 2.50 bits per heavy atom. The highest BCUT2D eigenvalue weighted by Crippen LogP contribution is 2.18. The number of benzene rings is 2. The van der Waals surface area contributed by atoms with Crippen molar-refractivity contribution in [2.45, 2.75) is 0 Å². The summed E-state index contributed by atoms with van der Waals surface area (Å²) >= 11 is 4.56. The van der Waals surface area contributed by atoms with Gasteiger partial charge >= 0.3 is 0 Å². The normalized spacial score (nSPS) is 9.88. The van der Waals surface area contributed by atoms with Gasteiger partial charge in [0.05, 0.1) is 11.4 Å². The number of hydrogen-bond acceptors (Lipinski definition) is 1. The van der Waals surface area contributed by atoms with Crippen molar-refractivity contribution in [3.63, 3.8) is 0 Å². The van der Waals surface area contributed by atoms with Crippen LogP contribution in [0.1, 0.15) is 0 Å². The number of para-hydroxylation sites is 1. The Morgan fingerprint density at radius 2 is 1.75 bits per heavy atom. The first kappa shape index (κ1) is 12.0. The number of rotatable bonds is 3. The van der Waals surface area contributed by atoms with Gasteiger partial charge in [-0.3, -0.25) is 5.43 Å². The third-order valence-corrected chi connectivity index (χ3v) is 3.60. The van der Waals surface area contributed by atoms with E-state index in [1.54, 1.807) is 0 Å². The highest BCUT2D eigenvalue weighted by molar-refractivity contribution is 14.1. The summed E-state index contributed by atoms with van der Waals surface area (Å²) in [7, 11) is 0. The van der Waals surface area contributed by atoms with Crippen LogP contribution in [0.25, 0.3) is 0 Å². The van der Waals surface area contributed by atoms with E-state index in [-0.39, 0.29) is 0 Å². The second kappa shape index (κ2) is 5.72. The molecular formula is C12H9I2N2. The second-order valence-electron chi connectivity index (χ2n) is 3.18. The van der Waals surface area contributed by atoms with Crippen LogP contribution in [0.5, 0.6) is 0 Å². The summed E-state index contributed by atoms with van der Waals surface area (Å²) in [4.78, 5) is 0. The predicted octanol–water partition coefficient (Wildman–Crippen LogP) is 4.16. The lowest BCUT2D eigenvalue weighted by Gasteiger charge is -2.07. The molecule has 0 aliphatic rings. The minimum atomic E-state index is 0.937. The molecule has 81 valence electrons. The summed E-state index contributed by atoms with van der Waals surface area (Å²) in [5.41, 5.74) is 9.38. The van der Waals surface area contributed by atoms with E-state index in [4.69, 9.17) is 0 Å². The fourth-order valence-corrected chi connectivity index (χ4v) is 2.26. The summed E-state index contributed by atoms with van der Waals surface area (Å²) in [6.45, 7) is 0. The van der Waals surface area contributed by atoms with Crippen LogP contribution in [0.4, 0.5) is 11.4 Å². The monoisotopic (exact) mass is 435 g/mol. The van der Waals surface area contributed by atoms with Crippen molar-refractivity contribution >= 4 is 56.6 Å². The summed E-state index contributed by atoms with van der Waals surface area (Å²) in [5, 5.41) is 0. The summed E-state index contributed by atoms with van der Waals surface area (Å²) in [6.07, 6.45) is 0. The molecule has 0 saturated carbocycles. The summed E-state index contributed by atoms with van der Waals surface area (Å²) in [5.74, 6) is 0. The molecule has 1 radical (unpaired) electrons. The number of anilines is 1. The molecular weight excluding hydrogens is 426 g/mol. The number of hydrogen-bond donors (Lipinski definition) is 1. The Labute approximate surface area is 122 Å². The van der Waals surface area contributed by atoms with Gasteiger partial charge in [-0.25, -0.2) is 0 Å². The SMILES string of the molecule is Ic1cccc([N]Nc2ccccc2I)c1. The lowest BCUT2D eigenvalue weighted by Crippen LogP contribution is -2.08. The van der Waals surface area contributed by atoms with Crippen LogP contribution in [0.3, 0.4) is 0 Å². The van der Waals surface area contributed by atoms with Gasteiger partial charge in [-0.1, -0.05) is 18.2 Å². The maximum Gasteiger partial charge on any atom is 0.0844 e. The minimum Gasteiger partial charge on any atom is -0.277 e. The molecule has 2 aromatic rings. The van der Waals surface area contributed by atoms with Crippen molar-refractivity contribution in [3.8, 4) is 0 Å². The Hall–Kier alpha value is -0.500. The second-order valence-corrected chi connectivity index (χ2v) is 5.59. The van der Waals surface area contributed by atoms with Crippen molar-refractivity contribution in [1.29, 1.82) is 0 Å². The first-order chi connectivity index (χ1) is 7.75. The zero-order valence-corrected chi connectivity index (χ0v) is 12.6. The Morgan fingerprint density at radius 1 is 0.938 bits per heavy atom. The molecule has 0 fully saturated rings. The standard InChI is InChI=1S/C12H9I2N2/c13-9-4-3-5-10(8-9)15-16-12-7-2-1-6-11(12)14/h1-8,16H. The maximum atomic E-state index is 4.34. The van der Waals surface area contributed by atoms with E-state index in [9.17, 15) is 0 Å². The molecule has 0 aliphatic carbocycles. The van der Waals surface area contributed by atoms with Crippen LogP contribution >= 0.6 is 45.2 Å². The van der Waals surface area contributed by atoms with Gasteiger partial charge in [-0.2, -0.15) is 5.43 Å². The predicted molar refractivity (Wildman–Crippen MR) is 83.7 cm³/mol. The number of halogens is 2. The van der Waals surface area contributed by atoms with Gasteiger partial charge in [0, 0.05) is 7.14 Å². The molecule has 0 unspecified atom stereocenters. The lowest BCUT2D eigenvalue weighted by atomic mass is 10.3. The van der Waals surface area contributed by atoms with E-state index in [1.165, 1.54) is 3.57 Å². The first-order valence-corrected chi connectivity index (χ1v) is 6.88. The molecule has 2 nitrogen and oxygen atoms in total. The van der Waals surface area contributed by atoms with Crippen LogP contribution in [0, 0.1) is 7.14 Å². The molecule has 1 N–H and O–H groups in total. The van der Waals surface area contributed by atoms with Crippen molar-refractivity contribution in [1.82, 2.24) is 5.43 Å². The van der Waals surface area contributed by atoms with Crippen molar-refractivity contribution < 1.29 is 0 Å². The molecule has 0 saturated heterocycles. The van der Waals surface area contributed by atoms with Crippen LogP contribution in [0.15, 0.2) is 48.5 Å². The fraction of sp³-hybridized carbons (Fsp3) is 0. The van der Waals surface area contributed by atoms with Crippen LogP contribution in [-0.2, 0) is 0 Å². The Bertz CT molecular complexity index is 486. The molecule has 0 amide bonds. The number of nitrogens with one attached hydrogen (secondary N) is 1. The Balaban J connectivity index is 2.05. The average molecular weight is 435 g/mol. The third-order valence-electron chi connectivity index (χ3n) is 1.99. The molecule has 0 heterocycles. The molecule has 0 atom stereocenters. The lowest BCUT2D eigenvalue weighted by molar-refractivity contribution is 1.04. The summed E-state index contributed by atoms with van der Waals surface area (Å²) in [6, 6.07) is 16.1. The molecule has 2 aromatic carbocycles. The van der Waals surface area contributed by atoms with Gasteiger partial charge in [0.25, 0.3) is 0 Å². The maximum absolute atomic E-state index is 4.34. The van der Waals surface area contributed by atoms with E-state index in [0.29, 0.717) is 0 Å². The van der Waals surface area contributed by atoms with E-state index >= 15 is 0 Å². The molecule has 0 aromatic heterocycles. The molecule has 0 spiro atoms. The van der Waals surface area contributed by atoms with E-state index in [1.807, 2.05) is 48.5 Å². The molecule has 0 aliphatic heterocycles. The number of nitrogens with zero attached hydrogens (tertiary/aromatic N) is 1. The average Bonchev–Trinajstić information content (AvgIpc) is 2.28. The van der Waals surface area contributed by atoms with Crippen molar-refractivity contribution in [2.24, 2.45) is 0 Å². The van der Waals surface area contributed by atoms with Gasteiger partial charge in [0.2, 0.25) is 0 Å². The fourth-order valence-electron chi connectivity index (χ4n) is 1.22. The van der Waals surface area contributed by atoms with Crippen molar-refractivity contribution in [3.05, 3.63) is 55.7 Å². The quantitative estimate of drug-likeness (QED) is 0.569. The van der Waals surface area contributed by atoms with Crippen LogP contribution in [0.2, 0.25) is 0 Å². The van der Waals surface area contributed by atoms with Gasteiger partial charge in [-0.05, 0) is 75.5 Å². The first-order valence-electron chi connectivity index (χ1n) is 4.72. The van der Waals surface area contributed by atoms with Gasteiger partial charge in [0.1, 0.15) is 0 Å². The van der Waals surface area contributed by atoms with Crippen LogP contribution in [-0.4, -0.2) is 0 Å². The zero-order chi connectivity index (χ0) is 11.4. The molecule has 2 rings (SSSR count). The largest absolute Gasteiger partial charge is 0.277 e.